The number of amides is 1. The summed E-state index contributed by atoms with van der Waals surface area (Å²) >= 11 is 0. The number of carbonyl (C=O) groups excluding carboxylic acids is 1. The fraction of sp³-hybridized carbons (Fsp3) is 0.533. The second-order valence-electron chi connectivity index (χ2n) is 6.12. The number of hydrogen-bond acceptors (Lipinski definition) is 6. The van der Waals surface area contributed by atoms with Gasteiger partial charge in [0.2, 0.25) is 0 Å². The number of nitrogen functional groups attached to an aromatic ring is 1. The van der Waals surface area contributed by atoms with Crippen molar-refractivity contribution in [3.63, 3.8) is 0 Å². The van der Waals surface area contributed by atoms with Crippen LogP contribution in [-0.2, 0) is 0 Å². The Bertz CT molecular complexity index is 669. The van der Waals surface area contributed by atoms with E-state index in [-0.39, 0.29) is 29.7 Å². The molecule has 3 N–H and O–H groups in total. The largest absolute Gasteiger partial charge is 0.393 e. The van der Waals surface area contributed by atoms with E-state index in [4.69, 9.17) is 5.73 Å². The van der Waals surface area contributed by atoms with Crippen molar-refractivity contribution in [1.82, 2.24) is 15.1 Å². The minimum absolute atomic E-state index is 0. The third-order valence-corrected chi connectivity index (χ3v) is 4.67. The number of nitrogens with one attached hydrogen (secondary N) is 1. The predicted octanol–water partition coefficient (Wildman–Crippen LogP) is 0.858. The summed E-state index contributed by atoms with van der Waals surface area (Å²) in [5.74, 6) is -1.29. The van der Waals surface area contributed by atoms with Crippen molar-refractivity contribution in [3.8, 4) is 0 Å². The number of benzene rings is 1. The second kappa shape index (κ2) is 7.94. The van der Waals surface area contributed by atoms with Crippen LogP contribution < -0.4 is 11.1 Å². The normalized spacial score (nSPS) is 21.0. The minimum Gasteiger partial charge on any atom is -0.393 e. The lowest BCUT2D eigenvalue weighted by Gasteiger charge is -2.32. The van der Waals surface area contributed by atoms with Crippen LogP contribution in [0.3, 0.4) is 0 Å². The van der Waals surface area contributed by atoms with Gasteiger partial charge in [0.05, 0.1) is 16.6 Å². The van der Waals surface area contributed by atoms with E-state index >= 15 is 0 Å². The highest BCUT2D eigenvalue weighted by Crippen LogP contribution is 2.29. The molecule has 2 saturated heterocycles. The molecule has 10 heteroatoms. The van der Waals surface area contributed by atoms with Crippen LogP contribution in [0.2, 0.25) is 0 Å². The molecule has 1 aromatic rings. The molecule has 2 heterocycles. The van der Waals surface area contributed by atoms with Gasteiger partial charge in [-0.15, -0.1) is 12.4 Å². The summed E-state index contributed by atoms with van der Waals surface area (Å²) in [6, 6.07) is 1.98. The van der Waals surface area contributed by atoms with Gasteiger partial charge in [-0.1, -0.05) is 0 Å². The first-order valence-corrected chi connectivity index (χ1v) is 7.95. The number of nitro benzene ring substituents is 1. The molecular formula is C15H21ClFN5O3. The lowest BCUT2D eigenvalue weighted by Crippen LogP contribution is -2.49. The van der Waals surface area contributed by atoms with Gasteiger partial charge >= 0.3 is 0 Å². The zero-order chi connectivity index (χ0) is 17.3. The maximum atomic E-state index is 13.6. The van der Waals surface area contributed by atoms with Crippen molar-refractivity contribution in [1.29, 1.82) is 0 Å². The Kier molecular flexibility index (Phi) is 6.15. The Morgan fingerprint density at radius 3 is 2.64 bits per heavy atom. The van der Waals surface area contributed by atoms with Crippen LogP contribution in [0, 0.1) is 15.9 Å². The lowest BCUT2D eigenvalue weighted by molar-refractivity contribution is -0.384. The van der Waals surface area contributed by atoms with Gasteiger partial charge in [-0.2, -0.15) is 0 Å². The Balaban J connectivity index is 0.00000225. The Morgan fingerprint density at radius 1 is 1.32 bits per heavy atom. The summed E-state index contributed by atoms with van der Waals surface area (Å²) < 4.78 is 13.6. The number of likely N-dealkylation sites (tertiary alicyclic amines) is 1. The van der Waals surface area contributed by atoms with Crippen LogP contribution in [0.15, 0.2) is 12.1 Å². The first-order chi connectivity index (χ1) is 11.5. The number of hydrogen-bond donors (Lipinski definition) is 2. The average Bonchev–Trinajstić information content (AvgIpc) is 3.06. The molecule has 0 spiro atoms. The number of halogens is 2. The summed E-state index contributed by atoms with van der Waals surface area (Å²) in [7, 11) is 0. The smallest absolute Gasteiger partial charge is 0.295 e. The van der Waals surface area contributed by atoms with E-state index in [2.05, 4.69) is 10.2 Å². The highest BCUT2D eigenvalue weighted by molar-refractivity contribution is 6.01. The molecule has 3 rings (SSSR count). The van der Waals surface area contributed by atoms with Gasteiger partial charge in [-0.3, -0.25) is 19.8 Å². The molecule has 25 heavy (non-hydrogen) atoms. The van der Waals surface area contributed by atoms with Crippen LogP contribution in [0.25, 0.3) is 0 Å². The molecular weight excluding hydrogens is 353 g/mol. The summed E-state index contributed by atoms with van der Waals surface area (Å²) in [5.41, 5.74) is 4.73. The fourth-order valence-corrected chi connectivity index (χ4v) is 3.37. The summed E-state index contributed by atoms with van der Waals surface area (Å²) in [5, 5.41) is 14.2. The van der Waals surface area contributed by atoms with Crippen molar-refractivity contribution in [2.75, 3.05) is 45.0 Å². The summed E-state index contributed by atoms with van der Waals surface area (Å²) in [6.45, 7) is 4.78. The zero-order valence-corrected chi connectivity index (χ0v) is 14.4. The fourth-order valence-electron chi connectivity index (χ4n) is 3.37. The third-order valence-electron chi connectivity index (χ3n) is 4.67. The highest BCUT2D eigenvalue weighted by Gasteiger charge is 2.33. The molecule has 8 nitrogen and oxygen atoms in total. The van der Waals surface area contributed by atoms with E-state index in [9.17, 15) is 19.3 Å². The second-order valence-corrected chi connectivity index (χ2v) is 6.12. The molecule has 0 aliphatic carbocycles. The maximum Gasteiger partial charge on any atom is 0.295 e. The van der Waals surface area contributed by atoms with Crippen molar-refractivity contribution in [2.45, 2.75) is 12.5 Å². The van der Waals surface area contributed by atoms with Gasteiger partial charge in [0.15, 0.2) is 0 Å². The van der Waals surface area contributed by atoms with E-state index in [0.717, 1.165) is 44.7 Å². The summed E-state index contributed by atoms with van der Waals surface area (Å²) in [6.07, 6.45) is 0.836. The predicted molar refractivity (Wildman–Crippen MR) is 93.5 cm³/mol. The van der Waals surface area contributed by atoms with Crippen LogP contribution in [-0.4, -0.2) is 65.9 Å². The van der Waals surface area contributed by atoms with Crippen LogP contribution in [0.5, 0.6) is 0 Å². The van der Waals surface area contributed by atoms with Crippen molar-refractivity contribution < 1.29 is 14.1 Å². The molecule has 0 saturated carbocycles. The van der Waals surface area contributed by atoms with E-state index in [1.807, 2.05) is 0 Å². The molecule has 0 radical (unpaired) electrons. The number of anilines is 1. The van der Waals surface area contributed by atoms with Gasteiger partial charge in [0.1, 0.15) is 11.5 Å². The monoisotopic (exact) mass is 373 g/mol. The molecule has 2 aliphatic heterocycles. The van der Waals surface area contributed by atoms with Gasteiger partial charge in [0.25, 0.3) is 11.6 Å². The number of carbonyl (C=O) groups is 1. The van der Waals surface area contributed by atoms with E-state index in [0.29, 0.717) is 13.1 Å². The number of piperazine rings is 1. The molecule has 2 aliphatic rings. The first kappa shape index (κ1) is 19.4. The number of nitrogens with two attached hydrogens (primary N) is 1. The lowest BCUT2D eigenvalue weighted by atomic mass is 10.1. The molecule has 2 fully saturated rings. The molecule has 0 bridgehead atoms. The number of nitrogens with zero attached hydrogens (tertiary/aromatic N) is 3. The van der Waals surface area contributed by atoms with E-state index in [1.54, 1.807) is 4.90 Å². The SMILES string of the molecule is Cl.Nc1c(C(=O)N2CCC(N3CCNCC3)C2)cc(F)cc1[N+](=O)[O-]. The first-order valence-electron chi connectivity index (χ1n) is 7.95. The van der Waals surface area contributed by atoms with Crippen molar-refractivity contribution in [2.24, 2.45) is 0 Å². The molecule has 1 aromatic carbocycles. The van der Waals surface area contributed by atoms with Crippen LogP contribution >= 0.6 is 12.4 Å². The highest BCUT2D eigenvalue weighted by atomic mass is 35.5. The van der Waals surface area contributed by atoms with E-state index in [1.165, 1.54) is 0 Å². The Hall–Kier alpha value is -1.97. The Labute approximate surface area is 150 Å². The van der Waals surface area contributed by atoms with Crippen molar-refractivity contribution >= 4 is 29.7 Å². The van der Waals surface area contributed by atoms with Gasteiger partial charge in [0, 0.05) is 45.3 Å². The topological polar surface area (TPSA) is 105 Å². The minimum atomic E-state index is -0.836. The molecule has 0 aromatic heterocycles. The third kappa shape index (κ3) is 4.00. The number of rotatable bonds is 3. The maximum absolute atomic E-state index is 13.6. The van der Waals surface area contributed by atoms with Gasteiger partial charge in [-0.05, 0) is 12.5 Å². The quantitative estimate of drug-likeness (QED) is 0.462. The molecule has 1 atom stereocenters. The summed E-state index contributed by atoms with van der Waals surface area (Å²) in [4.78, 5) is 26.8. The van der Waals surface area contributed by atoms with Gasteiger partial charge in [-0.25, -0.2) is 4.39 Å². The van der Waals surface area contributed by atoms with Crippen molar-refractivity contribution in [3.05, 3.63) is 33.6 Å². The van der Waals surface area contributed by atoms with Crippen LogP contribution in [0.1, 0.15) is 16.8 Å². The molecule has 138 valence electrons. The van der Waals surface area contributed by atoms with E-state index < -0.39 is 22.3 Å². The molecule has 1 unspecified atom stereocenters. The van der Waals surface area contributed by atoms with Gasteiger partial charge < -0.3 is 16.0 Å². The Morgan fingerprint density at radius 2 is 2.00 bits per heavy atom. The zero-order valence-electron chi connectivity index (χ0n) is 13.6. The number of nitro groups is 1. The average molecular weight is 374 g/mol. The standard InChI is InChI=1S/C15H20FN5O3.ClH/c16-10-7-12(14(17)13(8-10)21(23)24)15(22)20-4-1-11(9-20)19-5-2-18-3-6-19;/h7-8,11,18H,1-6,9,17H2;1H. The van der Waals surface area contributed by atoms with Crippen LogP contribution in [0.4, 0.5) is 15.8 Å². The molecule has 1 amide bonds.